The Morgan fingerprint density at radius 3 is 2.10 bits per heavy atom. The topological polar surface area (TPSA) is 29.5 Å². The molecule has 20 heavy (non-hydrogen) atoms. The van der Waals surface area contributed by atoms with Crippen molar-refractivity contribution in [2.24, 2.45) is 23.7 Å². The zero-order chi connectivity index (χ0) is 15.3. The van der Waals surface area contributed by atoms with Crippen molar-refractivity contribution in [1.82, 2.24) is 0 Å². The molecule has 2 nitrogen and oxygen atoms in total. The van der Waals surface area contributed by atoms with Gasteiger partial charge in [0.2, 0.25) is 0 Å². The molecule has 0 aromatic carbocycles. The molecule has 118 valence electrons. The SMILES string of the molecule is CC1CCC(C(C)C)C(O)(C2CC(C)(C)OC2(C)C)C1. The summed E-state index contributed by atoms with van der Waals surface area (Å²) in [7, 11) is 0. The van der Waals surface area contributed by atoms with Gasteiger partial charge in [0.25, 0.3) is 0 Å². The summed E-state index contributed by atoms with van der Waals surface area (Å²) in [6, 6.07) is 0. The van der Waals surface area contributed by atoms with Crippen molar-refractivity contribution in [2.75, 3.05) is 0 Å². The van der Waals surface area contributed by atoms with Crippen LogP contribution in [0.25, 0.3) is 0 Å². The third-order valence-electron chi connectivity index (χ3n) is 5.77. The van der Waals surface area contributed by atoms with Gasteiger partial charge >= 0.3 is 0 Å². The molecule has 1 aliphatic carbocycles. The normalized spacial score (nSPS) is 44.0. The molecular formula is C18H34O2. The first-order valence-electron chi connectivity index (χ1n) is 8.40. The lowest BCUT2D eigenvalue weighted by Crippen LogP contribution is -2.55. The molecule has 0 spiro atoms. The van der Waals surface area contributed by atoms with Gasteiger partial charge in [0.05, 0.1) is 16.8 Å². The van der Waals surface area contributed by atoms with Crippen molar-refractivity contribution < 1.29 is 9.84 Å². The third kappa shape index (κ3) is 2.78. The quantitative estimate of drug-likeness (QED) is 0.813. The minimum Gasteiger partial charge on any atom is -0.389 e. The number of hydrogen-bond donors (Lipinski definition) is 1. The number of ether oxygens (including phenoxy) is 1. The second-order valence-electron chi connectivity index (χ2n) is 8.95. The second kappa shape index (κ2) is 4.98. The van der Waals surface area contributed by atoms with Crippen molar-refractivity contribution in [2.45, 2.75) is 91.0 Å². The van der Waals surface area contributed by atoms with Crippen LogP contribution in [0.1, 0.15) is 74.1 Å². The molecule has 2 heteroatoms. The van der Waals surface area contributed by atoms with Gasteiger partial charge in [-0.2, -0.15) is 0 Å². The summed E-state index contributed by atoms with van der Waals surface area (Å²) in [5.74, 6) is 1.79. The zero-order valence-electron chi connectivity index (χ0n) is 14.5. The van der Waals surface area contributed by atoms with E-state index >= 15 is 0 Å². The van der Waals surface area contributed by atoms with Crippen molar-refractivity contribution in [3.8, 4) is 0 Å². The highest BCUT2D eigenvalue weighted by atomic mass is 16.5. The van der Waals surface area contributed by atoms with Gasteiger partial charge in [-0.3, -0.25) is 0 Å². The van der Waals surface area contributed by atoms with Gasteiger partial charge < -0.3 is 9.84 Å². The van der Waals surface area contributed by atoms with Gasteiger partial charge in [-0.1, -0.05) is 27.2 Å². The molecule has 0 radical (unpaired) electrons. The van der Waals surface area contributed by atoms with Gasteiger partial charge in [-0.05, 0) is 64.7 Å². The predicted octanol–water partition coefficient (Wildman–Crippen LogP) is 4.40. The highest BCUT2D eigenvalue weighted by Crippen LogP contribution is 2.55. The van der Waals surface area contributed by atoms with E-state index in [2.05, 4.69) is 48.5 Å². The maximum Gasteiger partial charge on any atom is 0.0737 e. The van der Waals surface area contributed by atoms with E-state index in [0.717, 1.165) is 19.3 Å². The van der Waals surface area contributed by atoms with Gasteiger partial charge in [-0.25, -0.2) is 0 Å². The van der Waals surface area contributed by atoms with Gasteiger partial charge in [0.15, 0.2) is 0 Å². The molecule has 1 heterocycles. The standard InChI is InChI=1S/C18H34O2/c1-12(2)14-9-8-13(3)10-18(14,19)15-11-16(4,5)20-17(15,6)7/h12-15,19H,8-11H2,1-7H3. The van der Waals surface area contributed by atoms with E-state index in [1.54, 1.807) is 0 Å². The van der Waals surface area contributed by atoms with Crippen molar-refractivity contribution >= 4 is 0 Å². The first-order chi connectivity index (χ1) is 8.98. The fourth-order valence-corrected chi connectivity index (χ4v) is 5.18. The lowest BCUT2D eigenvalue weighted by Gasteiger charge is -2.51. The van der Waals surface area contributed by atoms with E-state index in [1.807, 2.05) is 0 Å². The minimum atomic E-state index is -0.566. The van der Waals surface area contributed by atoms with E-state index in [9.17, 15) is 5.11 Å². The van der Waals surface area contributed by atoms with E-state index in [1.165, 1.54) is 6.42 Å². The Hall–Kier alpha value is -0.0800. The van der Waals surface area contributed by atoms with Crippen molar-refractivity contribution in [3.05, 3.63) is 0 Å². The molecule has 1 saturated carbocycles. The van der Waals surface area contributed by atoms with Crippen LogP contribution in [0.3, 0.4) is 0 Å². The molecule has 2 fully saturated rings. The average Bonchev–Trinajstić information content (AvgIpc) is 2.46. The molecule has 0 aromatic heterocycles. The van der Waals surface area contributed by atoms with Crippen LogP contribution in [0.4, 0.5) is 0 Å². The molecule has 0 amide bonds. The third-order valence-corrected chi connectivity index (χ3v) is 5.77. The number of rotatable bonds is 2. The largest absolute Gasteiger partial charge is 0.389 e. The van der Waals surface area contributed by atoms with Crippen molar-refractivity contribution in [3.63, 3.8) is 0 Å². The first-order valence-corrected chi connectivity index (χ1v) is 8.40. The maximum atomic E-state index is 11.7. The maximum absolute atomic E-state index is 11.7. The van der Waals surface area contributed by atoms with Gasteiger partial charge in [0.1, 0.15) is 0 Å². The van der Waals surface area contributed by atoms with E-state index in [4.69, 9.17) is 4.74 Å². The first kappa shape index (κ1) is 16.3. The van der Waals surface area contributed by atoms with Crippen molar-refractivity contribution in [1.29, 1.82) is 0 Å². The predicted molar refractivity (Wildman–Crippen MR) is 83.6 cm³/mol. The van der Waals surface area contributed by atoms with E-state index < -0.39 is 5.60 Å². The van der Waals surface area contributed by atoms with Crippen LogP contribution in [0.5, 0.6) is 0 Å². The van der Waals surface area contributed by atoms with Crippen LogP contribution in [-0.4, -0.2) is 21.9 Å². The Kier molecular flexibility index (Phi) is 4.06. The Labute approximate surface area is 125 Å². The van der Waals surface area contributed by atoms with Crippen LogP contribution < -0.4 is 0 Å². The summed E-state index contributed by atoms with van der Waals surface area (Å²) < 4.78 is 6.27. The molecule has 4 atom stereocenters. The van der Waals surface area contributed by atoms with E-state index in [-0.39, 0.29) is 17.1 Å². The summed E-state index contributed by atoms with van der Waals surface area (Å²) in [5.41, 5.74) is -0.919. The molecule has 1 N–H and O–H groups in total. The molecule has 2 aliphatic rings. The Bertz CT molecular complexity index is 358. The Balaban J connectivity index is 2.35. The Morgan fingerprint density at radius 2 is 1.65 bits per heavy atom. The second-order valence-corrected chi connectivity index (χ2v) is 8.95. The lowest BCUT2D eigenvalue weighted by molar-refractivity contribution is -0.162. The summed E-state index contributed by atoms with van der Waals surface area (Å²) in [6.45, 7) is 15.5. The number of hydrogen-bond acceptors (Lipinski definition) is 2. The molecule has 0 aromatic rings. The van der Waals surface area contributed by atoms with E-state index in [0.29, 0.717) is 17.8 Å². The molecule has 4 unspecified atom stereocenters. The molecule has 0 bridgehead atoms. The monoisotopic (exact) mass is 282 g/mol. The summed E-state index contributed by atoms with van der Waals surface area (Å²) >= 11 is 0. The summed E-state index contributed by atoms with van der Waals surface area (Å²) in [5, 5.41) is 11.7. The zero-order valence-corrected chi connectivity index (χ0v) is 14.5. The van der Waals surface area contributed by atoms with Gasteiger partial charge in [-0.15, -0.1) is 0 Å². The molecular weight excluding hydrogens is 248 g/mol. The highest BCUT2D eigenvalue weighted by molar-refractivity contribution is 5.08. The molecule has 1 saturated heterocycles. The molecule has 2 rings (SSSR count). The lowest BCUT2D eigenvalue weighted by atomic mass is 9.58. The number of aliphatic hydroxyl groups is 1. The van der Waals surface area contributed by atoms with Crippen LogP contribution in [0, 0.1) is 23.7 Å². The Morgan fingerprint density at radius 1 is 1.05 bits per heavy atom. The van der Waals surface area contributed by atoms with Crippen LogP contribution in [0.2, 0.25) is 0 Å². The smallest absolute Gasteiger partial charge is 0.0737 e. The average molecular weight is 282 g/mol. The fraction of sp³-hybridized carbons (Fsp3) is 1.00. The minimum absolute atomic E-state index is 0.119. The van der Waals surface area contributed by atoms with Gasteiger partial charge in [0, 0.05) is 5.92 Å². The summed E-state index contributed by atoms with van der Waals surface area (Å²) in [6.07, 6.45) is 4.31. The molecule has 1 aliphatic heterocycles. The van der Waals surface area contributed by atoms with Crippen LogP contribution in [0.15, 0.2) is 0 Å². The highest BCUT2D eigenvalue weighted by Gasteiger charge is 2.58. The van der Waals surface area contributed by atoms with Crippen LogP contribution >= 0.6 is 0 Å². The fourth-order valence-electron chi connectivity index (χ4n) is 5.18. The summed E-state index contributed by atoms with van der Waals surface area (Å²) in [4.78, 5) is 0. The van der Waals surface area contributed by atoms with Crippen LogP contribution in [-0.2, 0) is 4.74 Å².